The van der Waals surface area contributed by atoms with Crippen LogP contribution in [0, 0.1) is 0 Å². The van der Waals surface area contributed by atoms with Crippen LogP contribution >= 0.6 is 0 Å². The number of rotatable bonds is 3. The standard InChI is InChI=1S/C13H11NO5/c15-10-4-1-9(2-5-10)3-8-13(18)19-14-11(16)6-7-12(14)17/h1-5,8,15H,6-7H2/b8-3+. The molecule has 0 spiro atoms. The van der Waals surface area contributed by atoms with E-state index in [1.807, 2.05) is 0 Å². The molecule has 1 heterocycles. The van der Waals surface area contributed by atoms with E-state index in [4.69, 9.17) is 5.11 Å². The van der Waals surface area contributed by atoms with E-state index in [0.717, 1.165) is 6.08 Å². The number of hydrogen-bond donors (Lipinski definition) is 1. The summed E-state index contributed by atoms with van der Waals surface area (Å²) >= 11 is 0. The number of benzene rings is 1. The molecule has 1 aliphatic heterocycles. The lowest BCUT2D eigenvalue weighted by Gasteiger charge is -2.10. The predicted octanol–water partition coefficient (Wildman–Crippen LogP) is 1.01. The average molecular weight is 261 g/mol. The zero-order valence-electron chi connectivity index (χ0n) is 9.91. The van der Waals surface area contributed by atoms with Gasteiger partial charge in [0.05, 0.1) is 0 Å². The Kier molecular flexibility index (Phi) is 3.61. The molecule has 1 aromatic carbocycles. The quantitative estimate of drug-likeness (QED) is 0.648. The van der Waals surface area contributed by atoms with E-state index in [9.17, 15) is 14.4 Å². The topological polar surface area (TPSA) is 83.9 Å². The predicted molar refractivity (Wildman–Crippen MR) is 64.3 cm³/mol. The number of carbonyl (C=O) groups is 3. The van der Waals surface area contributed by atoms with E-state index < -0.39 is 17.8 Å². The summed E-state index contributed by atoms with van der Waals surface area (Å²) in [6.07, 6.45) is 2.68. The highest BCUT2D eigenvalue weighted by atomic mass is 16.7. The molecule has 0 bridgehead atoms. The summed E-state index contributed by atoms with van der Waals surface area (Å²) in [6.45, 7) is 0. The number of amides is 2. The van der Waals surface area contributed by atoms with Gasteiger partial charge in [-0.3, -0.25) is 9.59 Å². The molecule has 0 saturated carbocycles. The maximum Gasteiger partial charge on any atom is 0.356 e. The molecule has 2 rings (SSSR count). The molecule has 0 radical (unpaired) electrons. The highest BCUT2D eigenvalue weighted by Crippen LogP contribution is 2.13. The van der Waals surface area contributed by atoms with Gasteiger partial charge >= 0.3 is 5.97 Å². The summed E-state index contributed by atoms with van der Waals surface area (Å²) in [6, 6.07) is 6.15. The molecule has 0 aromatic heterocycles. The van der Waals surface area contributed by atoms with Gasteiger partial charge in [0.25, 0.3) is 11.8 Å². The molecule has 0 aliphatic carbocycles. The van der Waals surface area contributed by atoms with Gasteiger partial charge in [-0.25, -0.2) is 4.79 Å². The van der Waals surface area contributed by atoms with E-state index >= 15 is 0 Å². The van der Waals surface area contributed by atoms with Gasteiger partial charge in [-0.05, 0) is 23.8 Å². The molecule has 1 fully saturated rings. The number of phenols is 1. The fraction of sp³-hybridized carbons (Fsp3) is 0.154. The monoisotopic (exact) mass is 261 g/mol. The Hall–Kier alpha value is -2.63. The first-order valence-corrected chi connectivity index (χ1v) is 5.61. The van der Waals surface area contributed by atoms with Gasteiger partial charge in [0.15, 0.2) is 0 Å². The summed E-state index contributed by atoms with van der Waals surface area (Å²) < 4.78 is 0. The van der Waals surface area contributed by atoms with Crippen molar-refractivity contribution in [3.8, 4) is 5.75 Å². The lowest BCUT2D eigenvalue weighted by atomic mass is 10.2. The summed E-state index contributed by atoms with van der Waals surface area (Å²) in [5.41, 5.74) is 0.675. The molecular weight excluding hydrogens is 250 g/mol. The Morgan fingerprint density at radius 3 is 2.32 bits per heavy atom. The van der Waals surface area contributed by atoms with E-state index in [-0.39, 0.29) is 18.6 Å². The zero-order chi connectivity index (χ0) is 13.8. The molecule has 19 heavy (non-hydrogen) atoms. The average Bonchev–Trinajstić information content (AvgIpc) is 2.70. The molecule has 98 valence electrons. The minimum absolute atomic E-state index is 0.0633. The van der Waals surface area contributed by atoms with Crippen LogP contribution < -0.4 is 0 Å². The largest absolute Gasteiger partial charge is 0.508 e. The summed E-state index contributed by atoms with van der Waals surface area (Å²) in [5.74, 6) is -1.72. The van der Waals surface area contributed by atoms with Gasteiger partial charge < -0.3 is 9.94 Å². The molecule has 0 atom stereocenters. The van der Waals surface area contributed by atoms with Crippen LogP contribution in [0.15, 0.2) is 30.3 Å². The van der Waals surface area contributed by atoms with Gasteiger partial charge in [0.1, 0.15) is 5.75 Å². The molecule has 6 heteroatoms. The van der Waals surface area contributed by atoms with Crippen LogP contribution in [0.1, 0.15) is 18.4 Å². The number of aromatic hydroxyl groups is 1. The Morgan fingerprint density at radius 1 is 1.16 bits per heavy atom. The Labute approximate surface area is 108 Å². The smallest absolute Gasteiger partial charge is 0.356 e. The SMILES string of the molecule is O=C(/C=C/c1ccc(O)cc1)ON1C(=O)CCC1=O. The fourth-order valence-electron chi connectivity index (χ4n) is 1.53. The molecule has 1 saturated heterocycles. The van der Waals surface area contributed by atoms with Crippen molar-refractivity contribution in [2.75, 3.05) is 0 Å². The summed E-state index contributed by atoms with van der Waals surface area (Å²) in [4.78, 5) is 38.5. The minimum atomic E-state index is -0.809. The molecule has 1 aromatic rings. The van der Waals surface area contributed by atoms with Crippen LogP contribution in [0.3, 0.4) is 0 Å². The van der Waals surface area contributed by atoms with Gasteiger partial charge in [0.2, 0.25) is 0 Å². The van der Waals surface area contributed by atoms with Crippen molar-refractivity contribution in [3.05, 3.63) is 35.9 Å². The Bertz CT molecular complexity index is 531. The second-order valence-electron chi connectivity index (χ2n) is 3.92. The number of nitrogens with zero attached hydrogens (tertiary/aromatic N) is 1. The molecular formula is C13H11NO5. The third kappa shape index (κ3) is 3.19. The van der Waals surface area contributed by atoms with Crippen LogP contribution in [0.4, 0.5) is 0 Å². The van der Waals surface area contributed by atoms with Crippen molar-refractivity contribution < 1.29 is 24.3 Å². The number of imide groups is 1. The first-order valence-electron chi connectivity index (χ1n) is 5.61. The first kappa shape index (κ1) is 12.8. The van der Waals surface area contributed by atoms with Crippen molar-refractivity contribution >= 4 is 23.9 Å². The normalized spacial score (nSPS) is 15.3. The number of carbonyl (C=O) groups excluding carboxylic acids is 3. The first-order chi connectivity index (χ1) is 9.06. The van der Waals surface area contributed by atoms with Crippen molar-refractivity contribution in [1.29, 1.82) is 0 Å². The van der Waals surface area contributed by atoms with Crippen molar-refractivity contribution in [3.63, 3.8) is 0 Å². The highest BCUT2D eigenvalue weighted by Gasteiger charge is 2.32. The molecule has 1 aliphatic rings. The highest BCUT2D eigenvalue weighted by molar-refractivity contribution is 6.02. The number of hydrogen-bond acceptors (Lipinski definition) is 5. The van der Waals surface area contributed by atoms with Gasteiger partial charge in [0, 0.05) is 18.9 Å². The van der Waals surface area contributed by atoms with Gasteiger partial charge in [-0.1, -0.05) is 12.1 Å². The third-order valence-electron chi connectivity index (χ3n) is 2.49. The van der Waals surface area contributed by atoms with Crippen LogP contribution in [0.2, 0.25) is 0 Å². The molecule has 1 N–H and O–H groups in total. The second-order valence-corrected chi connectivity index (χ2v) is 3.92. The van der Waals surface area contributed by atoms with E-state index in [1.54, 1.807) is 12.1 Å². The van der Waals surface area contributed by atoms with Crippen LogP contribution in [0.25, 0.3) is 6.08 Å². The van der Waals surface area contributed by atoms with Crippen molar-refractivity contribution in [2.24, 2.45) is 0 Å². The molecule has 2 amide bonds. The van der Waals surface area contributed by atoms with Crippen molar-refractivity contribution in [2.45, 2.75) is 12.8 Å². The maximum atomic E-state index is 11.4. The van der Waals surface area contributed by atoms with Crippen LogP contribution in [0.5, 0.6) is 5.75 Å². The summed E-state index contributed by atoms with van der Waals surface area (Å²) in [5, 5.41) is 9.57. The Balaban J connectivity index is 1.96. The second kappa shape index (κ2) is 5.34. The number of phenolic OH excluding ortho intramolecular Hbond substituents is 1. The van der Waals surface area contributed by atoms with Crippen LogP contribution in [-0.4, -0.2) is 28.0 Å². The lowest BCUT2D eigenvalue weighted by Crippen LogP contribution is -2.31. The Morgan fingerprint density at radius 2 is 1.74 bits per heavy atom. The van der Waals surface area contributed by atoms with E-state index in [2.05, 4.69) is 4.84 Å². The maximum absolute atomic E-state index is 11.4. The van der Waals surface area contributed by atoms with Crippen molar-refractivity contribution in [1.82, 2.24) is 5.06 Å². The molecule has 6 nitrogen and oxygen atoms in total. The zero-order valence-corrected chi connectivity index (χ0v) is 9.91. The van der Waals surface area contributed by atoms with Gasteiger partial charge in [-0.15, -0.1) is 5.06 Å². The summed E-state index contributed by atoms with van der Waals surface area (Å²) in [7, 11) is 0. The third-order valence-corrected chi connectivity index (χ3v) is 2.49. The lowest BCUT2D eigenvalue weighted by molar-refractivity contribution is -0.193. The fourth-order valence-corrected chi connectivity index (χ4v) is 1.53. The number of hydroxylamine groups is 2. The minimum Gasteiger partial charge on any atom is -0.508 e. The van der Waals surface area contributed by atoms with Gasteiger partial charge in [-0.2, -0.15) is 0 Å². The van der Waals surface area contributed by atoms with E-state index in [0.29, 0.717) is 10.6 Å². The van der Waals surface area contributed by atoms with E-state index in [1.165, 1.54) is 18.2 Å². The van der Waals surface area contributed by atoms with Crippen LogP contribution in [-0.2, 0) is 19.2 Å². The molecule has 0 unspecified atom stereocenters.